The van der Waals surface area contributed by atoms with E-state index >= 15 is 0 Å². The van der Waals surface area contributed by atoms with Crippen LogP contribution in [0.3, 0.4) is 0 Å². The molecule has 33 heavy (non-hydrogen) atoms. The number of carbonyl (C=O) groups excluding carboxylic acids is 2. The van der Waals surface area contributed by atoms with Gasteiger partial charge in [-0.1, -0.05) is 23.5 Å². The van der Waals surface area contributed by atoms with Gasteiger partial charge in [0.05, 0.1) is 35.6 Å². The molecule has 0 unspecified atom stereocenters. The lowest BCUT2D eigenvalue weighted by Gasteiger charge is -2.18. The molecule has 9 heteroatoms. The summed E-state index contributed by atoms with van der Waals surface area (Å²) in [6.07, 6.45) is 0. The van der Waals surface area contributed by atoms with Crippen LogP contribution in [0.5, 0.6) is 17.2 Å². The Balaban J connectivity index is 1.76. The predicted octanol–water partition coefficient (Wildman–Crippen LogP) is 4.70. The van der Waals surface area contributed by atoms with Gasteiger partial charge in [0.25, 0.3) is 5.91 Å². The second-order valence-corrected chi connectivity index (χ2v) is 7.79. The maximum atomic E-state index is 12.8. The molecule has 0 spiro atoms. The molecule has 1 heterocycles. The Labute approximate surface area is 197 Å². The number of anilines is 1. The Bertz CT molecular complexity index is 1050. The van der Waals surface area contributed by atoms with E-state index in [-0.39, 0.29) is 11.5 Å². The van der Waals surface area contributed by atoms with Gasteiger partial charge in [0.15, 0.2) is 23.2 Å². The molecule has 0 radical (unpaired) electrons. The first kappa shape index (κ1) is 24.3. The van der Waals surface area contributed by atoms with Gasteiger partial charge in [-0.2, -0.15) is 0 Å². The number of amides is 1. The molecule has 3 aromatic rings. The second-order valence-electron chi connectivity index (χ2n) is 6.78. The fourth-order valence-electron chi connectivity index (χ4n) is 3.19. The van der Waals surface area contributed by atoms with Gasteiger partial charge in [0.1, 0.15) is 0 Å². The van der Waals surface area contributed by atoms with E-state index in [0.29, 0.717) is 48.7 Å². The molecule has 0 aliphatic rings. The van der Waals surface area contributed by atoms with Gasteiger partial charge in [-0.3, -0.25) is 9.69 Å². The van der Waals surface area contributed by atoms with Crippen LogP contribution in [-0.2, 0) is 9.53 Å². The van der Waals surface area contributed by atoms with Crippen molar-refractivity contribution in [2.24, 2.45) is 0 Å². The molecule has 0 aliphatic carbocycles. The Morgan fingerprint density at radius 1 is 0.939 bits per heavy atom. The molecule has 8 nitrogen and oxygen atoms in total. The third kappa shape index (κ3) is 5.73. The number of esters is 1. The fourth-order valence-corrected chi connectivity index (χ4v) is 4.24. The molecule has 0 saturated heterocycles. The molecular formula is C24H28N2O6S. The van der Waals surface area contributed by atoms with E-state index in [1.807, 2.05) is 52.0 Å². The summed E-state index contributed by atoms with van der Waals surface area (Å²) in [6.45, 7) is 8.54. The summed E-state index contributed by atoms with van der Waals surface area (Å²) >= 11 is 1.42. The molecular weight excluding hydrogens is 444 g/mol. The second kappa shape index (κ2) is 11.5. The minimum Gasteiger partial charge on any atom is -0.490 e. The summed E-state index contributed by atoms with van der Waals surface area (Å²) in [6, 6.07) is 10.7. The normalized spacial score (nSPS) is 10.7. The first-order valence-corrected chi connectivity index (χ1v) is 11.7. The van der Waals surface area contributed by atoms with Gasteiger partial charge in [-0.15, -0.1) is 0 Å². The van der Waals surface area contributed by atoms with Crippen molar-refractivity contribution in [1.82, 2.24) is 4.98 Å². The van der Waals surface area contributed by atoms with Crippen molar-refractivity contribution >= 4 is 38.6 Å². The quantitative estimate of drug-likeness (QED) is 0.374. The first-order valence-electron chi connectivity index (χ1n) is 10.9. The zero-order chi connectivity index (χ0) is 23.8. The average Bonchev–Trinajstić information content (AvgIpc) is 3.24. The lowest BCUT2D eigenvalue weighted by Crippen LogP contribution is -2.34. The highest BCUT2D eigenvalue weighted by Crippen LogP contribution is 2.39. The Morgan fingerprint density at radius 3 is 2.15 bits per heavy atom. The zero-order valence-corrected chi connectivity index (χ0v) is 20.1. The number of fused-ring (bicyclic) bond motifs is 1. The van der Waals surface area contributed by atoms with E-state index in [2.05, 4.69) is 4.98 Å². The van der Waals surface area contributed by atoms with Crippen molar-refractivity contribution in [2.45, 2.75) is 27.7 Å². The van der Waals surface area contributed by atoms with Crippen LogP contribution in [0.4, 0.5) is 5.13 Å². The van der Waals surface area contributed by atoms with Gasteiger partial charge in [-0.25, -0.2) is 9.78 Å². The minimum atomic E-state index is -0.659. The summed E-state index contributed by atoms with van der Waals surface area (Å²) in [5.41, 5.74) is 1.03. The molecule has 1 aromatic heterocycles. The SMILES string of the molecule is CCOc1cc(C(=O)OCC(=O)N(CC)c2nc3ccccc3s2)cc(OCC)c1OCC. The predicted molar refractivity (Wildman–Crippen MR) is 128 cm³/mol. The van der Waals surface area contributed by atoms with E-state index in [4.69, 9.17) is 18.9 Å². The largest absolute Gasteiger partial charge is 0.490 e. The molecule has 176 valence electrons. The van der Waals surface area contributed by atoms with Gasteiger partial charge in [-0.05, 0) is 52.0 Å². The molecule has 0 saturated carbocycles. The standard InChI is InChI=1S/C24H28N2O6S/c1-5-26(24-25-17-11-9-10-12-20(17)33-24)21(27)15-32-23(28)16-13-18(29-6-2)22(31-8-4)19(14-16)30-7-3/h9-14H,5-8,15H2,1-4H3. The number of nitrogens with zero attached hydrogens (tertiary/aromatic N) is 2. The first-order chi connectivity index (χ1) is 16.0. The molecule has 3 rings (SSSR count). The summed E-state index contributed by atoms with van der Waals surface area (Å²) in [4.78, 5) is 31.6. The van der Waals surface area contributed by atoms with E-state index in [1.165, 1.54) is 28.4 Å². The number of ether oxygens (including phenoxy) is 4. The minimum absolute atomic E-state index is 0.209. The highest BCUT2D eigenvalue weighted by molar-refractivity contribution is 7.22. The van der Waals surface area contributed by atoms with Crippen molar-refractivity contribution in [2.75, 3.05) is 37.9 Å². The maximum Gasteiger partial charge on any atom is 0.338 e. The van der Waals surface area contributed by atoms with Crippen molar-refractivity contribution in [3.05, 3.63) is 42.0 Å². The Kier molecular flexibility index (Phi) is 8.48. The van der Waals surface area contributed by atoms with Crippen molar-refractivity contribution in [3.63, 3.8) is 0 Å². The summed E-state index contributed by atoms with van der Waals surface area (Å²) in [5, 5.41) is 0.568. The third-order valence-corrected chi connectivity index (χ3v) is 5.66. The number of aromatic nitrogens is 1. The smallest absolute Gasteiger partial charge is 0.338 e. The van der Waals surface area contributed by atoms with Gasteiger partial charge in [0, 0.05) is 6.54 Å². The highest BCUT2D eigenvalue weighted by atomic mass is 32.1. The molecule has 0 fully saturated rings. The Morgan fingerprint density at radius 2 is 1.58 bits per heavy atom. The van der Waals surface area contributed by atoms with E-state index < -0.39 is 12.6 Å². The number of para-hydroxylation sites is 1. The van der Waals surface area contributed by atoms with Gasteiger partial charge >= 0.3 is 5.97 Å². The number of hydrogen-bond acceptors (Lipinski definition) is 8. The Hall–Kier alpha value is -3.33. The lowest BCUT2D eigenvalue weighted by molar-refractivity contribution is -0.121. The van der Waals surface area contributed by atoms with Gasteiger partial charge < -0.3 is 18.9 Å². The number of hydrogen-bond donors (Lipinski definition) is 0. The molecule has 0 bridgehead atoms. The highest BCUT2D eigenvalue weighted by Gasteiger charge is 2.22. The van der Waals surface area contributed by atoms with Crippen LogP contribution >= 0.6 is 11.3 Å². The number of rotatable bonds is 11. The zero-order valence-electron chi connectivity index (χ0n) is 19.3. The van der Waals surface area contributed by atoms with Crippen LogP contribution in [0.2, 0.25) is 0 Å². The lowest BCUT2D eigenvalue weighted by atomic mass is 10.2. The molecule has 1 amide bonds. The number of benzene rings is 2. The summed E-state index contributed by atoms with van der Waals surface area (Å²) in [5.74, 6) is 0.183. The average molecular weight is 473 g/mol. The maximum absolute atomic E-state index is 12.8. The van der Waals surface area contributed by atoms with Crippen molar-refractivity contribution in [3.8, 4) is 17.2 Å². The van der Waals surface area contributed by atoms with Crippen LogP contribution in [0.15, 0.2) is 36.4 Å². The van der Waals surface area contributed by atoms with Crippen LogP contribution in [0.1, 0.15) is 38.1 Å². The molecule has 0 atom stereocenters. The topological polar surface area (TPSA) is 87.2 Å². The monoisotopic (exact) mass is 472 g/mol. The molecule has 0 aliphatic heterocycles. The number of likely N-dealkylation sites (N-methyl/N-ethyl adjacent to an activating group) is 1. The number of carbonyl (C=O) groups is 2. The van der Waals surface area contributed by atoms with E-state index in [9.17, 15) is 9.59 Å². The van der Waals surface area contributed by atoms with E-state index in [0.717, 1.165) is 10.2 Å². The van der Waals surface area contributed by atoms with Crippen LogP contribution in [0.25, 0.3) is 10.2 Å². The van der Waals surface area contributed by atoms with Crippen LogP contribution in [0, 0.1) is 0 Å². The molecule has 2 aromatic carbocycles. The fraction of sp³-hybridized carbons (Fsp3) is 0.375. The van der Waals surface area contributed by atoms with Crippen molar-refractivity contribution in [1.29, 1.82) is 0 Å². The molecule has 0 N–H and O–H groups in total. The van der Waals surface area contributed by atoms with Crippen molar-refractivity contribution < 1.29 is 28.5 Å². The summed E-state index contributed by atoms with van der Waals surface area (Å²) < 4.78 is 23.3. The van der Waals surface area contributed by atoms with Crippen LogP contribution in [-0.4, -0.2) is 49.8 Å². The van der Waals surface area contributed by atoms with Crippen LogP contribution < -0.4 is 19.1 Å². The summed E-state index contributed by atoms with van der Waals surface area (Å²) in [7, 11) is 0. The third-order valence-electron chi connectivity index (χ3n) is 4.60. The van der Waals surface area contributed by atoms with Gasteiger partial charge in [0.2, 0.25) is 5.75 Å². The van der Waals surface area contributed by atoms with E-state index in [1.54, 1.807) is 0 Å². The number of thiazole rings is 1.